The second kappa shape index (κ2) is 9.51. The second-order valence-electron chi connectivity index (χ2n) is 8.23. The van der Waals surface area contributed by atoms with Gasteiger partial charge in [0.25, 0.3) is 5.91 Å². The van der Waals surface area contributed by atoms with Gasteiger partial charge in [-0.05, 0) is 11.5 Å². The van der Waals surface area contributed by atoms with Crippen molar-refractivity contribution in [2.24, 2.45) is 5.41 Å². The SMILES string of the molecule is COc1cc(NC(=O)N[C@@H](Cn2ccnc2)C(C)(C)C)c(C(=O)N(C)C)cc1OC. The summed E-state index contributed by atoms with van der Waals surface area (Å²) in [5.74, 6) is 0.548. The summed E-state index contributed by atoms with van der Waals surface area (Å²) >= 11 is 0. The zero-order valence-corrected chi connectivity index (χ0v) is 18.6. The average Bonchev–Trinajstić information content (AvgIpc) is 3.18. The van der Waals surface area contributed by atoms with E-state index in [2.05, 4.69) is 15.6 Å². The molecule has 0 aliphatic rings. The third kappa shape index (κ3) is 5.65. The van der Waals surface area contributed by atoms with Gasteiger partial charge in [-0.2, -0.15) is 0 Å². The first-order valence-corrected chi connectivity index (χ1v) is 9.57. The number of carbonyl (C=O) groups is 2. The van der Waals surface area contributed by atoms with Crippen molar-refractivity contribution in [1.29, 1.82) is 0 Å². The van der Waals surface area contributed by atoms with Crippen LogP contribution in [0.1, 0.15) is 31.1 Å². The summed E-state index contributed by atoms with van der Waals surface area (Å²) in [4.78, 5) is 31.0. The fourth-order valence-electron chi connectivity index (χ4n) is 2.86. The van der Waals surface area contributed by atoms with Crippen molar-refractivity contribution in [1.82, 2.24) is 19.8 Å². The van der Waals surface area contributed by atoms with Crippen LogP contribution in [0.25, 0.3) is 0 Å². The molecule has 1 aromatic carbocycles. The van der Waals surface area contributed by atoms with Crippen LogP contribution in [0.4, 0.5) is 10.5 Å². The Balaban J connectivity index is 2.30. The molecule has 164 valence electrons. The largest absolute Gasteiger partial charge is 0.493 e. The molecule has 0 aliphatic carbocycles. The highest BCUT2D eigenvalue weighted by Gasteiger charge is 2.27. The predicted molar refractivity (Wildman–Crippen MR) is 115 cm³/mol. The van der Waals surface area contributed by atoms with Gasteiger partial charge in [-0.25, -0.2) is 9.78 Å². The molecule has 30 heavy (non-hydrogen) atoms. The predicted octanol–water partition coefficient (Wildman–Crippen LogP) is 2.84. The third-order valence-corrected chi connectivity index (χ3v) is 4.71. The Kier molecular flexibility index (Phi) is 7.31. The molecule has 0 saturated carbocycles. The first-order valence-electron chi connectivity index (χ1n) is 9.57. The lowest BCUT2D eigenvalue weighted by Crippen LogP contribution is -2.48. The van der Waals surface area contributed by atoms with E-state index in [-0.39, 0.29) is 17.4 Å². The third-order valence-electron chi connectivity index (χ3n) is 4.71. The van der Waals surface area contributed by atoms with Crippen LogP contribution in [0.3, 0.4) is 0 Å². The van der Waals surface area contributed by atoms with Gasteiger partial charge in [0, 0.05) is 39.1 Å². The number of methoxy groups -OCH3 is 2. The maximum atomic E-state index is 12.9. The summed E-state index contributed by atoms with van der Waals surface area (Å²) in [5.41, 5.74) is 0.426. The number of hydrogen-bond donors (Lipinski definition) is 2. The monoisotopic (exact) mass is 417 g/mol. The molecule has 1 atom stereocenters. The summed E-state index contributed by atoms with van der Waals surface area (Å²) in [6.45, 7) is 6.71. The molecule has 1 heterocycles. The van der Waals surface area contributed by atoms with Crippen LogP contribution in [0.5, 0.6) is 11.5 Å². The smallest absolute Gasteiger partial charge is 0.319 e. The van der Waals surface area contributed by atoms with Crippen LogP contribution in [-0.2, 0) is 6.54 Å². The molecule has 0 fully saturated rings. The molecule has 2 N–H and O–H groups in total. The Morgan fingerprint density at radius 1 is 1.17 bits per heavy atom. The lowest BCUT2D eigenvalue weighted by molar-refractivity contribution is 0.0828. The zero-order chi connectivity index (χ0) is 22.5. The van der Waals surface area contributed by atoms with E-state index in [0.717, 1.165) is 0 Å². The number of benzene rings is 1. The summed E-state index contributed by atoms with van der Waals surface area (Å²) in [6, 6.07) is 2.54. The Labute approximate surface area is 177 Å². The normalized spacial score (nSPS) is 12.1. The Bertz CT molecular complexity index is 872. The van der Waals surface area contributed by atoms with Crippen LogP contribution >= 0.6 is 0 Å². The summed E-state index contributed by atoms with van der Waals surface area (Å²) in [5, 5.41) is 5.81. The second-order valence-corrected chi connectivity index (χ2v) is 8.23. The maximum Gasteiger partial charge on any atom is 0.319 e. The van der Waals surface area contributed by atoms with Crippen molar-refractivity contribution in [2.45, 2.75) is 33.4 Å². The summed E-state index contributed by atoms with van der Waals surface area (Å²) in [6.07, 6.45) is 5.25. The van der Waals surface area contributed by atoms with E-state index in [1.807, 2.05) is 31.5 Å². The van der Waals surface area contributed by atoms with Crippen molar-refractivity contribution < 1.29 is 19.1 Å². The van der Waals surface area contributed by atoms with E-state index in [0.29, 0.717) is 29.3 Å². The Morgan fingerprint density at radius 3 is 2.30 bits per heavy atom. The maximum absolute atomic E-state index is 12.9. The Morgan fingerprint density at radius 2 is 1.80 bits per heavy atom. The standard InChI is InChI=1S/C21H31N5O4/c1-21(2,3)18(12-26-9-8-22-13-26)24-20(28)23-15-11-17(30-7)16(29-6)10-14(15)19(27)25(4)5/h8-11,13,18H,12H2,1-7H3,(H2,23,24,28)/t18-/m0/s1. The van der Waals surface area contributed by atoms with E-state index in [1.54, 1.807) is 38.8 Å². The summed E-state index contributed by atoms with van der Waals surface area (Å²) < 4.78 is 12.5. The highest BCUT2D eigenvalue weighted by Crippen LogP contribution is 2.34. The molecule has 2 aromatic rings. The fraction of sp³-hybridized carbons (Fsp3) is 0.476. The number of rotatable bonds is 7. The molecule has 0 radical (unpaired) electrons. The lowest BCUT2D eigenvalue weighted by atomic mass is 9.86. The number of hydrogen-bond acceptors (Lipinski definition) is 5. The van der Waals surface area contributed by atoms with E-state index in [4.69, 9.17) is 9.47 Å². The van der Waals surface area contributed by atoms with Gasteiger partial charge in [0.15, 0.2) is 11.5 Å². The minimum Gasteiger partial charge on any atom is -0.493 e. The number of nitrogens with zero attached hydrogens (tertiary/aromatic N) is 3. The van der Waals surface area contributed by atoms with Crippen molar-refractivity contribution in [3.8, 4) is 11.5 Å². The molecular weight excluding hydrogens is 386 g/mol. The van der Waals surface area contributed by atoms with Gasteiger partial charge in [-0.15, -0.1) is 0 Å². The van der Waals surface area contributed by atoms with Crippen molar-refractivity contribution in [2.75, 3.05) is 33.6 Å². The van der Waals surface area contributed by atoms with Crippen LogP contribution in [0, 0.1) is 5.41 Å². The minimum atomic E-state index is -0.421. The Hall–Kier alpha value is -3.23. The molecule has 0 bridgehead atoms. The van der Waals surface area contributed by atoms with Crippen LogP contribution in [0.15, 0.2) is 30.9 Å². The van der Waals surface area contributed by atoms with Gasteiger partial charge in [0.05, 0.1) is 37.8 Å². The molecule has 0 spiro atoms. The zero-order valence-electron chi connectivity index (χ0n) is 18.6. The van der Waals surface area contributed by atoms with Crippen LogP contribution in [0.2, 0.25) is 0 Å². The highest BCUT2D eigenvalue weighted by molar-refractivity contribution is 6.04. The van der Waals surface area contributed by atoms with Gasteiger partial charge >= 0.3 is 6.03 Å². The first-order chi connectivity index (χ1) is 14.1. The number of ether oxygens (including phenoxy) is 2. The molecule has 0 aliphatic heterocycles. The molecule has 0 saturated heterocycles. The van der Waals surface area contributed by atoms with E-state index >= 15 is 0 Å². The van der Waals surface area contributed by atoms with Crippen molar-refractivity contribution in [3.63, 3.8) is 0 Å². The number of aromatic nitrogens is 2. The van der Waals surface area contributed by atoms with Gasteiger partial charge in [-0.1, -0.05) is 20.8 Å². The molecule has 1 aromatic heterocycles. The van der Waals surface area contributed by atoms with Gasteiger partial charge < -0.3 is 29.6 Å². The topological polar surface area (TPSA) is 97.7 Å². The van der Waals surface area contributed by atoms with Crippen molar-refractivity contribution in [3.05, 3.63) is 36.4 Å². The van der Waals surface area contributed by atoms with Gasteiger partial charge in [0.2, 0.25) is 0 Å². The van der Waals surface area contributed by atoms with Gasteiger partial charge in [-0.3, -0.25) is 4.79 Å². The quantitative estimate of drug-likeness (QED) is 0.722. The molecule has 3 amide bonds. The molecule has 9 heteroatoms. The van der Waals surface area contributed by atoms with Crippen LogP contribution < -0.4 is 20.1 Å². The minimum absolute atomic E-state index is 0.181. The number of nitrogens with one attached hydrogen (secondary N) is 2. The lowest BCUT2D eigenvalue weighted by Gasteiger charge is -2.32. The highest BCUT2D eigenvalue weighted by atomic mass is 16.5. The van der Waals surface area contributed by atoms with Crippen molar-refractivity contribution >= 4 is 17.6 Å². The van der Waals surface area contributed by atoms with E-state index in [9.17, 15) is 9.59 Å². The summed E-state index contributed by atoms with van der Waals surface area (Å²) in [7, 11) is 6.27. The first kappa shape index (κ1) is 23.1. The molecular formula is C21H31N5O4. The number of urea groups is 1. The molecule has 2 rings (SSSR count). The molecule has 9 nitrogen and oxygen atoms in total. The van der Waals surface area contributed by atoms with E-state index < -0.39 is 6.03 Å². The number of imidazole rings is 1. The fourth-order valence-corrected chi connectivity index (χ4v) is 2.86. The molecule has 0 unspecified atom stereocenters. The number of anilines is 1. The van der Waals surface area contributed by atoms with Crippen LogP contribution in [-0.4, -0.2) is 60.7 Å². The van der Waals surface area contributed by atoms with E-state index in [1.165, 1.54) is 19.1 Å². The number of amides is 3. The number of carbonyl (C=O) groups excluding carboxylic acids is 2. The van der Waals surface area contributed by atoms with Gasteiger partial charge in [0.1, 0.15) is 0 Å². The average molecular weight is 418 g/mol.